The normalized spacial score (nSPS) is 16.7. The van der Waals surface area contributed by atoms with Crippen molar-refractivity contribution in [1.29, 1.82) is 0 Å². The number of nitrogens with one attached hydrogen (secondary N) is 5. The summed E-state index contributed by atoms with van der Waals surface area (Å²) in [6.07, 6.45) is 22.5. The van der Waals surface area contributed by atoms with E-state index in [0.717, 1.165) is 71.2 Å². The van der Waals surface area contributed by atoms with Gasteiger partial charge in [-0.1, -0.05) is 50.7 Å². The zero-order valence-corrected chi connectivity index (χ0v) is 29.9. The van der Waals surface area contributed by atoms with E-state index in [0.29, 0.717) is 24.9 Å². The lowest BCUT2D eigenvalue weighted by Crippen LogP contribution is -2.46. The molecule has 1 aromatic carbocycles. The number of aromatic amines is 3. The van der Waals surface area contributed by atoms with E-state index in [1.807, 2.05) is 15.5 Å². The maximum absolute atomic E-state index is 13.4. The van der Waals surface area contributed by atoms with E-state index in [2.05, 4.69) is 59.8 Å². The van der Waals surface area contributed by atoms with Gasteiger partial charge in [0.05, 0.1) is 38.9 Å². The molecule has 14 nitrogen and oxygen atoms in total. The summed E-state index contributed by atoms with van der Waals surface area (Å²) in [5, 5.41) is 7.48. The molecule has 0 saturated heterocycles. The Labute approximate surface area is 303 Å². The number of aromatic nitrogens is 8. The quantitative estimate of drug-likeness (QED) is 0.0719. The van der Waals surface area contributed by atoms with Crippen molar-refractivity contribution in [1.82, 2.24) is 34.5 Å². The van der Waals surface area contributed by atoms with E-state index in [4.69, 9.17) is 14.5 Å². The maximum Gasteiger partial charge on any atom is 0.351 e. The van der Waals surface area contributed by atoms with Crippen LogP contribution in [0.3, 0.4) is 0 Å². The van der Waals surface area contributed by atoms with Crippen LogP contribution in [-0.4, -0.2) is 72.7 Å². The number of carbonyl (C=O) groups excluding carboxylic acids is 2. The highest BCUT2D eigenvalue weighted by Gasteiger charge is 2.34. The first-order valence-corrected chi connectivity index (χ1v) is 18.5. The van der Waals surface area contributed by atoms with Crippen molar-refractivity contribution in [3.63, 3.8) is 0 Å². The van der Waals surface area contributed by atoms with Crippen molar-refractivity contribution in [3.05, 3.63) is 73.4 Å². The number of rotatable bonds is 14. The van der Waals surface area contributed by atoms with Crippen LogP contribution in [0.2, 0.25) is 0 Å². The van der Waals surface area contributed by atoms with Crippen LogP contribution in [0.15, 0.2) is 62.0 Å². The number of methoxy groups -OCH3 is 2. The van der Waals surface area contributed by atoms with Crippen LogP contribution in [0.25, 0.3) is 22.5 Å². The summed E-state index contributed by atoms with van der Waals surface area (Å²) in [6.45, 7) is 0. The van der Waals surface area contributed by atoms with E-state index in [-0.39, 0.29) is 11.9 Å². The summed E-state index contributed by atoms with van der Waals surface area (Å²) in [5.74, 6) is 0.870. The average molecular weight is 710 g/mol. The van der Waals surface area contributed by atoms with E-state index in [9.17, 15) is 9.59 Å². The molecule has 0 spiro atoms. The van der Waals surface area contributed by atoms with Crippen LogP contribution >= 0.6 is 0 Å². The van der Waals surface area contributed by atoms with E-state index < -0.39 is 12.1 Å². The van der Waals surface area contributed by atoms with E-state index >= 15 is 0 Å². The van der Waals surface area contributed by atoms with Gasteiger partial charge in [-0.3, -0.25) is 0 Å². The Kier molecular flexibility index (Phi) is 11.0. The molecule has 2 aliphatic rings. The molecule has 0 aliphatic heterocycles. The summed E-state index contributed by atoms with van der Waals surface area (Å²) in [4.78, 5) is 49.6. The lowest BCUT2D eigenvalue weighted by molar-refractivity contribution is -0.699. The number of H-pyrrole nitrogens is 3. The molecule has 0 unspecified atom stereocenters. The molecule has 4 aromatic heterocycles. The lowest BCUT2D eigenvalue weighted by Gasteiger charge is -2.24. The number of nitrogens with zero attached hydrogens (tertiary/aromatic N) is 5. The van der Waals surface area contributed by atoms with Gasteiger partial charge in [0.1, 0.15) is 6.04 Å². The number of hydrogen-bond donors (Lipinski definition) is 5. The summed E-state index contributed by atoms with van der Waals surface area (Å²) >= 11 is 0. The Morgan fingerprint density at radius 1 is 0.808 bits per heavy atom. The summed E-state index contributed by atoms with van der Waals surface area (Å²) in [5.41, 5.74) is 5.11. The Hall–Kier alpha value is -5.40. The van der Waals surface area contributed by atoms with Gasteiger partial charge in [-0.05, 0) is 37.8 Å². The molecule has 14 heteroatoms. The van der Waals surface area contributed by atoms with Crippen molar-refractivity contribution >= 4 is 23.6 Å². The molecule has 4 heterocycles. The molecule has 2 fully saturated rings. The second-order valence-electron chi connectivity index (χ2n) is 13.9. The first kappa shape index (κ1) is 35.0. The second kappa shape index (κ2) is 16.3. The van der Waals surface area contributed by atoms with Gasteiger partial charge in [0.2, 0.25) is 18.2 Å². The molecule has 5 N–H and O–H groups in total. The Balaban J connectivity index is 1.29. The molecule has 2 atom stereocenters. The minimum absolute atomic E-state index is 0.302. The highest BCUT2D eigenvalue weighted by molar-refractivity contribution is 5.81. The highest BCUT2D eigenvalue weighted by Crippen LogP contribution is 2.36. The van der Waals surface area contributed by atoms with Gasteiger partial charge in [-0.15, -0.1) is 0 Å². The van der Waals surface area contributed by atoms with Gasteiger partial charge in [-0.25, -0.2) is 34.1 Å². The predicted octanol–water partition coefficient (Wildman–Crippen LogP) is 5.68. The number of carbonyl (C=O) groups is 2. The van der Waals surface area contributed by atoms with Crippen LogP contribution in [-0.2, 0) is 31.9 Å². The van der Waals surface area contributed by atoms with Crippen LogP contribution in [0.4, 0.5) is 11.6 Å². The monoisotopic (exact) mass is 709 g/mol. The molecule has 0 amide bonds. The van der Waals surface area contributed by atoms with Crippen LogP contribution < -0.4 is 15.2 Å². The number of benzene rings is 1. The van der Waals surface area contributed by atoms with Gasteiger partial charge in [0.15, 0.2) is 11.5 Å². The summed E-state index contributed by atoms with van der Waals surface area (Å²) in [6, 6.07) is 7.56. The standard InChI is InChI=1S/C38H48N10O4/c1-51-37(49)31(17-29-19-39-21-41-29)47-23-43-35(45-27-9-5-3-6-10-27)33(47)25-13-15-26(16-14-25)34-36(46-28-11-7-4-8-12-28)44-24-48(34)32(38(50)52-2)18-30-20-40-22-42-30/h13-16,19-24,27-28,31-32,45-46H,3-12,17-18H2,1-2H3,(H2,39,40,41,42)/p+1/t31-,32-/m0/s1. The smallest absolute Gasteiger partial charge is 0.351 e. The molecule has 52 heavy (non-hydrogen) atoms. The fourth-order valence-electron chi connectivity index (χ4n) is 7.78. The third-order valence-electron chi connectivity index (χ3n) is 10.5. The minimum Gasteiger partial charge on any atom is -0.467 e. The van der Waals surface area contributed by atoms with Crippen molar-refractivity contribution < 1.29 is 23.6 Å². The van der Waals surface area contributed by atoms with Gasteiger partial charge >= 0.3 is 11.9 Å². The first-order valence-electron chi connectivity index (χ1n) is 18.5. The number of ether oxygens (including phenoxy) is 2. The maximum atomic E-state index is 13.4. The SMILES string of the molecule is COC(=O)[C@H](Cc1cnc[nH]1)n1cnc(NC2CCCCC2)c1-c1ccc(-c2c(NC3CCCCC3)[nH]c[n+]2[C@@H](Cc2cnc[nH]2)C(=O)OC)cc1. The number of esters is 2. The highest BCUT2D eigenvalue weighted by atomic mass is 16.5. The lowest BCUT2D eigenvalue weighted by atomic mass is 9.95. The molecule has 7 rings (SSSR count). The Morgan fingerprint density at radius 3 is 2.00 bits per heavy atom. The Morgan fingerprint density at radius 2 is 1.40 bits per heavy atom. The second-order valence-corrected chi connectivity index (χ2v) is 13.9. The third-order valence-corrected chi connectivity index (χ3v) is 10.5. The van der Waals surface area contributed by atoms with Gasteiger partial charge in [0.25, 0.3) is 0 Å². The van der Waals surface area contributed by atoms with E-state index in [1.165, 1.54) is 52.7 Å². The van der Waals surface area contributed by atoms with Gasteiger partial charge in [-0.2, -0.15) is 0 Å². The summed E-state index contributed by atoms with van der Waals surface area (Å²) < 4.78 is 14.5. The van der Waals surface area contributed by atoms with Crippen molar-refractivity contribution in [3.8, 4) is 22.5 Å². The number of hydrogen-bond acceptors (Lipinski definition) is 9. The average Bonchev–Trinajstić information content (AvgIpc) is 4.02. The predicted molar refractivity (Wildman–Crippen MR) is 195 cm³/mol. The van der Waals surface area contributed by atoms with E-state index in [1.54, 1.807) is 31.4 Å². The van der Waals surface area contributed by atoms with Crippen molar-refractivity contribution in [2.75, 3.05) is 24.9 Å². The summed E-state index contributed by atoms with van der Waals surface area (Å²) in [7, 11) is 2.83. The number of anilines is 2. The number of imidazole rings is 4. The fourth-order valence-corrected chi connectivity index (χ4v) is 7.78. The zero-order valence-electron chi connectivity index (χ0n) is 29.9. The topological polar surface area (TPSA) is 172 Å². The molecule has 2 saturated carbocycles. The molecule has 2 aliphatic carbocycles. The zero-order chi connectivity index (χ0) is 35.9. The Bertz CT molecular complexity index is 1750. The first-order chi connectivity index (χ1) is 25.5. The molecule has 5 aromatic rings. The molecule has 0 bridgehead atoms. The molecular weight excluding hydrogens is 660 g/mol. The fraction of sp³-hybridized carbons (Fsp3) is 0.474. The van der Waals surface area contributed by atoms with Crippen molar-refractivity contribution in [2.45, 2.75) is 101 Å². The minimum atomic E-state index is -0.670. The van der Waals surface area contributed by atoms with Crippen LogP contribution in [0.1, 0.15) is 87.7 Å². The molecular formula is C38H49N10O4+. The third kappa shape index (κ3) is 7.75. The van der Waals surface area contributed by atoms with Gasteiger partial charge < -0.3 is 34.6 Å². The molecule has 274 valence electrons. The van der Waals surface area contributed by atoms with Crippen molar-refractivity contribution in [2.24, 2.45) is 0 Å². The largest absolute Gasteiger partial charge is 0.467 e. The van der Waals surface area contributed by atoms with Gasteiger partial charge in [0, 0.05) is 59.8 Å². The molecule has 0 radical (unpaired) electrons. The van der Waals surface area contributed by atoms with Crippen LogP contribution in [0, 0.1) is 0 Å². The van der Waals surface area contributed by atoms with Crippen LogP contribution in [0.5, 0.6) is 0 Å².